The second-order valence-electron chi connectivity index (χ2n) is 3.16. The summed E-state index contributed by atoms with van der Waals surface area (Å²) in [6.07, 6.45) is 9.99. The van der Waals surface area contributed by atoms with E-state index in [4.69, 9.17) is 0 Å². The number of hydrogen-bond acceptors (Lipinski definition) is 0. The van der Waals surface area contributed by atoms with Gasteiger partial charge in [0, 0.05) is 0 Å². The SMILES string of the molecule is C/C=C(/C)C1=CC=CCC1C. The minimum Gasteiger partial charge on any atom is -0.0844 e. The molecule has 0 saturated heterocycles. The van der Waals surface area contributed by atoms with Crippen molar-refractivity contribution in [3.8, 4) is 0 Å². The summed E-state index contributed by atoms with van der Waals surface area (Å²) in [5, 5.41) is 0. The van der Waals surface area contributed by atoms with Crippen molar-refractivity contribution in [2.45, 2.75) is 27.2 Å². The summed E-state index contributed by atoms with van der Waals surface area (Å²) < 4.78 is 0. The summed E-state index contributed by atoms with van der Waals surface area (Å²) in [6.45, 7) is 6.56. The van der Waals surface area contributed by atoms with Gasteiger partial charge >= 0.3 is 0 Å². The molecule has 0 aliphatic heterocycles. The van der Waals surface area contributed by atoms with Gasteiger partial charge in [0.15, 0.2) is 0 Å². The van der Waals surface area contributed by atoms with Crippen LogP contribution in [0.5, 0.6) is 0 Å². The summed E-state index contributed by atoms with van der Waals surface area (Å²) in [5.41, 5.74) is 2.91. The largest absolute Gasteiger partial charge is 0.0844 e. The van der Waals surface area contributed by atoms with Gasteiger partial charge in [0.05, 0.1) is 0 Å². The van der Waals surface area contributed by atoms with Crippen LogP contribution >= 0.6 is 0 Å². The fourth-order valence-electron chi connectivity index (χ4n) is 1.43. The van der Waals surface area contributed by atoms with Gasteiger partial charge in [-0.05, 0) is 31.8 Å². The molecule has 0 aromatic rings. The highest BCUT2D eigenvalue weighted by Crippen LogP contribution is 2.25. The maximum Gasteiger partial charge on any atom is -0.0153 e. The molecule has 0 heteroatoms. The normalized spacial score (nSPS) is 25.2. The van der Waals surface area contributed by atoms with Crippen LogP contribution in [0.2, 0.25) is 0 Å². The highest BCUT2D eigenvalue weighted by Gasteiger charge is 2.09. The van der Waals surface area contributed by atoms with Crippen molar-refractivity contribution >= 4 is 0 Å². The molecule has 1 atom stereocenters. The van der Waals surface area contributed by atoms with Crippen LogP contribution in [0.4, 0.5) is 0 Å². The van der Waals surface area contributed by atoms with Crippen LogP contribution in [-0.2, 0) is 0 Å². The average Bonchev–Trinajstić information content (AvgIpc) is 2.04. The summed E-state index contributed by atoms with van der Waals surface area (Å²) in [6, 6.07) is 0. The van der Waals surface area contributed by atoms with Gasteiger partial charge in [0.1, 0.15) is 0 Å². The summed E-state index contributed by atoms with van der Waals surface area (Å²) in [4.78, 5) is 0. The minimum absolute atomic E-state index is 0.705. The van der Waals surface area contributed by atoms with E-state index in [0.717, 1.165) is 0 Å². The third kappa shape index (κ3) is 1.83. The Morgan fingerprint density at radius 2 is 2.36 bits per heavy atom. The van der Waals surface area contributed by atoms with E-state index in [9.17, 15) is 0 Å². The van der Waals surface area contributed by atoms with Crippen molar-refractivity contribution in [3.05, 3.63) is 35.5 Å². The lowest BCUT2D eigenvalue weighted by Gasteiger charge is -2.17. The zero-order chi connectivity index (χ0) is 8.27. The van der Waals surface area contributed by atoms with Crippen LogP contribution < -0.4 is 0 Å². The van der Waals surface area contributed by atoms with E-state index in [2.05, 4.69) is 45.1 Å². The quantitative estimate of drug-likeness (QED) is 0.534. The van der Waals surface area contributed by atoms with Crippen molar-refractivity contribution in [2.75, 3.05) is 0 Å². The molecule has 0 N–H and O–H groups in total. The van der Waals surface area contributed by atoms with Crippen LogP contribution in [-0.4, -0.2) is 0 Å². The van der Waals surface area contributed by atoms with Crippen LogP contribution in [0.3, 0.4) is 0 Å². The maximum atomic E-state index is 2.28. The Labute approximate surface area is 69.3 Å². The monoisotopic (exact) mass is 148 g/mol. The van der Waals surface area contributed by atoms with Gasteiger partial charge < -0.3 is 0 Å². The Morgan fingerprint density at radius 1 is 1.64 bits per heavy atom. The standard InChI is InChI=1S/C11H16/c1-4-9(2)11-8-6-5-7-10(11)3/h4-6,8,10H,7H2,1-3H3/b9-4-. The van der Waals surface area contributed by atoms with Crippen LogP contribution in [0.1, 0.15) is 27.2 Å². The predicted octanol–water partition coefficient (Wildman–Crippen LogP) is 3.48. The van der Waals surface area contributed by atoms with Gasteiger partial charge in [-0.15, -0.1) is 0 Å². The molecule has 1 rings (SSSR count). The summed E-state index contributed by atoms with van der Waals surface area (Å²) >= 11 is 0. The number of allylic oxidation sites excluding steroid dienone is 6. The smallest absolute Gasteiger partial charge is 0.0153 e. The highest BCUT2D eigenvalue weighted by atomic mass is 14.1. The van der Waals surface area contributed by atoms with Crippen molar-refractivity contribution in [1.82, 2.24) is 0 Å². The Bertz CT molecular complexity index is 216. The lowest BCUT2D eigenvalue weighted by atomic mass is 9.88. The van der Waals surface area contributed by atoms with E-state index in [1.807, 2.05) is 0 Å². The van der Waals surface area contributed by atoms with Gasteiger partial charge in [-0.1, -0.05) is 36.8 Å². The van der Waals surface area contributed by atoms with Crippen molar-refractivity contribution in [1.29, 1.82) is 0 Å². The van der Waals surface area contributed by atoms with Crippen LogP contribution in [0, 0.1) is 5.92 Å². The van der Waals surface area contributed by atoms with Gasteiger partial charge in [0.2, 0.25) is 0 Å². The molecule has 1 aliphatic carbocycles. The molecule has 0 heterocycles. The van der Waals surface area contributed by atoms with Crippen molar-refractivity contribution in [3.63, 3.8) is 0 Å². The molecular weight excluding hydrogens is 132 g/mol. The Balaban J connectivity index is 2.84. The second-order valence-corrected chi connectivity index (χ2v) is 3.16. The molecule has 0 aromatic carbocycles. The summed E-state index contributed by atoms with van der Waals surface area (Å²) in [5.74, 6) is 0.705. The van der Waals surface area contributed by atoms with Crippen LogP contribution in [0.15, 0.2) is 35.5 Å². The highest BCUT2D eigenvalue weighted by molar-refractivity contribution is 5.36. The molecule has 0 bridgehead atoms. The Kier molecular flexibility index (Phi) is 2.70. The molecule has 0 nitrogen and oxygen atoms in total. The summed E-state index contributed by atoms with van der Waals surface area (Å²) in [7, 11) is 0. The first-order valence-corrected chi connectivity index (χ1v) is 4.25. The molecule has 0 saturated carbocycles. The maximum absolute atomic E-state index is 2.28. The lowest BCUT2D eigenvalue weighted by molar-refractivity contribution is 0.693. The topological polar surface area (TPSA) is 0 Å². The first kappa shape index (κ1) is 8.32. The average molecular weight is 148 g/mol. The van der Waals surface area contributed by atoms with Gasteiger partial charge in [-0.3, -0.25) is 0 Å². The van der Waals surface area contributed by atoms with Crippen molar-refractivity contribution < 1.29 is 0 Å². The first-order chi connectivity index (χ1) is 5.25. The van der Waals surface area contributed by atoms with E-state index >= 15 is 0 Å². The molecule has 1 unspecified atom stereocenters. The Hall–Kier alpha value is -0.780. The fourth-order valence-corrected chi connectivity index (χ4v) is 1.43. The third-order valence-electron chi connectivity index (χ3n) is 2.32. The molecular formula is C11H16. The molecule has 0 aromatic heterocycles. The fraction of sp³-hybridized carbons (Fsp3) is 0.455. The van der Waals surface area contributed by atoms with Crippen LogP contribution in [0.25, 0.3) is 0 Å². The number of hydrogen-bond donors (Lipinski definition) is 0. The first-order valence-electron chi connectivity index (χ1n) is 4.25. The predicted molar refractivity (Wildman–Crippen MR) is 50.4 cm³/mol. The minimum atomic E-state index is 0.705. The van der Waals surface area contributed by atoms with E-state index in [1.165, 1.54) is 17.6 Å². The van der Waals surface area contributed by atoms with Crippen molar-refractivity contribution in [2.24, 2.45) is 5.92 Å². The van der Waals surface area contributed by atoms with E-state index in [-0.39, 0.29) is 0 Å². The van der Waals surface area contributed by atoms with E-state index in [1.54, 1.807) is 0 Å². The molecule has 0 spiro atoms. The molecule has 11 heavy (non-hydrogen) atoms. The zero-order valence-corrected chi connectivity index (χ0v) is 7.59. The van der Waals surface area contributed by atoms with Gasteiger partial charge in [-0.2, -0.15) is 0 Å². The molecule has 0 fully saturated rings. The number of rotatable bonds is 1. The molecule has 0 radical (unpaired) electrons. The lowest BCUT2D eigenvalue weighted by Crippen LogP contribution is -2.02. The molecule has 1 aliphatic rings. The molecule has 0 amide bonds. The Morgan fingerprint density at radius 3 is 2.91 bits per heavy atom. The van der Waals surface area contributed by atoms with E-state index in [0.29, 0.717) is 5.92 Å². The van der Waals surface area contributed by atoms with Gasteiger partial charge in [-0.25, -0.2) is 0 Å². The zero-order valence-electron chi connectivity index (χ0n) is 7.59. The third-order valence-corrected chi connectivity index (χ3v) is 2.32. The van der Waals surface area contributed by atoms with E-state index < -0.39 is 0 Å². The van der Waals surface area contributed by atoms with Gasteiger partial charge in [0.25, 0.3) is 0 Å². The molecule has 60 valence electrons. The second kappa shape index (κ2) is 3.56.